The summed E-state index contributed by atoms with van der Waals surface area (Å²) in [5.74, 6) is -0.135. The molecule has 1 aliphatic carbocycles. The summed E-state index contributed by atoms with van der Waals surface area (Å²) in [6, 6.07) is 6.85. The van der Waals surface area contributed by atoms with Crippen LogP contribution in [0.5, 0.6) is 0 Å². The minimum atomic E-state index is -0.247. The lowest BCUT2D eigenvalue weighted by Crippen LogP contribution is -2.42. The van der Waals surface area contributed by atoms with Crippen LogP contribution in [0.2, 0.25) is 0 Å². The van der Waals surface area contributed by atoms with Crippen molar-refractivity contribution in [3.05, 3.63) is 35.6 Å². The van der Waals surface area contributed by atoms with Crippen molar-refractivity contribution in [2.24, 2.45) is 0 Å². The van der Waals surface area contributed by atoms with Gasteiger partial charge in [-0.2, -0.15) is 0 Å². The van der Waals surface area contributed by atoms with Gasteiger partial charge in [0.2, 0.25) is 5.91 Å². The van der Waals surface area contributed by atoms with Gasteiger partial charge in [-0.3, -0.25) is 4.79 Å². The smallest absolute Gasteiger partial charge is 0.237 e. The van der Waals surface area contributed by atoms with Crippen LogP contribution < -0.4 is 5.32 Å². The van der Waals surface area contributed by atoms with E-state index in [2.05, 4.69) is 5.32 Å². The number of amides is 1. The quantitative estimate of drug-likeness (QED) is 0.873. The Labute approximate surface area is 126 Å². The van der Waals surface area contributed by atoms with Crippen LogP contribution in [0.15, 0.2) is 24.3 Å². The Bertz CT molecular complexity index is 454. The zero-order chi connectivity index (χ0) is 15.2. The molecule has 0 bridgehead atoms. The van der Waals surface area contributed by atoms with E-state index < -0.39 is 0 Å². The molecule has 0 spiro atoms. The van der Waals surface area contributed by atoms with Crippen molar-refractivity contribution >= 4 is 5.91 Å². The van der Waals surface area contributed by atoms with Crippen LogP contribution in [-0.2, 0) is 4.79 Å². The number of likely N-dealkylation sites (N-methyl/N-ethyl adjacent to an activating group) is 1. The van der Waals surface area contributed by atoms with Gasteiger partial charge in [0, 0.05) is 12.6 Å². The molecule has 1 aliphatic rings. The van der Waals surface area contributed by atoms with Crippen molar-refractivity contribution in [1.29, 1.82) is 0 Å². The topological polar surface area (TPSA) is 32.3 Å². The number of nitrogens with one attached hydrogen (secondary N) is 1. The average Bonchev–Trinajstić information content (AvgIpc) is 3.00. The van der Waals surface area contributed by atoms with E-state index in [-0.39, 0.29) is 17.8 Å². The van der Waals surface area contributed by atoms with Gasteiger partial charge in [0.05, 0.1) is 12.6 Å². The van der Waals surface area contributed by atoms with Crippen molar-refractivity contribution in [2.75, 3.05) is 13.1 Å². The second-order valence-electron chi connectivity index (χ2n) is 5.77. The van der Waals surface area contributed by atoms with Crippen LogP contribution in [0.4, 0.5) is 4.39 Å². The fourth-order valence-electron chi connectivity index (χ4n) is 3.05. The molecule has 1 amide bonds. The van der Waals surface area contributed by atoms with Crippen LogP contribution in [0, 0.1) is 5.82 Å². The van der Waals surface area contributed by atoms with Crippen LogP contribution in [-0.4, -0.2) is 29.9 Å². The summed E-state index contributed by atoms with van der Waals surface area (Å²) in [5, 5.41) is 3.36. The maximum Gasteiger partial charge on any atom is 0.237 e. The van der Waals surface area contributed by atoms with E-state index in [4.69, 9.17) is 0 Å². The van der Waals surface area contributed by atoms with Gasteiger partial charge in [0.1, 0.15) is 5.82 Å². The molecule has 0 heterocycles. The van der Waals surface area contributed by atoms with Crippen LogP contribution >= 0.6 is 0 Å². The fourth-order valence-corrected chi connectivity index (χ4v) is 3.05. The highest BCUT2D eigenvalue weighted by molar-refractivity contribution is 5.78. The number of nitrogens with zero attached hydrogens (tertiary/aromatic N) is 1. The predicted molar refractivity (Wildman–Crippen MR) is 82.5 cm³/mol. The summed E-state index contributed by atoms with van der Waals surface area (Å²) >= 11 is 0. The first-order valence-corrected chi connectivity index (χ1v) is 7.90. The molecule has 4 heteroatoms. The first-order chi connectivity index (χ1) is 10.1. The molecule has 0 aliphatic heterocycles. The zero-order valence-electron chi connectivity index (χ0n) is 12.9. The number of halogens is 1. The third-order valence-corrected chi connectivity index (χ3v) is 4.38. The minimum absolute atomic E-state index is 0.0338. The minimum Gasteiger partial charge on any atom is -0.335 e. The largest absolute Gasteiger partial charge is 0.335 e. The van der Waals surface area contributed by atoms with E-state index in [0.717, 1.165) is 5.56 Å². The normalized spacial score (nSPS) is 16.9. The van der Waals surface area contributed by atoms with Crippen molar-refractivity contribution in [3.8, 4) is 0 Å². The molecule has 116 valence electrons. The monoisotopic (exact) mass is 292 g/mol. The molecule has 3 nitrogen and oxygen atoms in total. The molecular formula is C17H25FN2O. The van der Waals surface area contributed by atoms with Crippen molar-refractivity contribution in [3.63, 3.8) is 0 Å². The van der Waals surface area contributed by atoms with E-state index in [9.17, 15) is 9.18 Å². The standard InChI is InChI=1S/C17H25FN2O/c1-3-20(13(2)14-8-10-15(18)11-9-14)17(21)12-19-16-6-4-5-7-16/h8-11,13,16,19H,3-7,12H2,1-2H3. The predicted octanol–water partition coefficient (Wildman–Crippen LogP) is 3.27. The van der Waals surface area contributed by atoms with Crippen LogP contribution in [0.3, 0.4) is 0 Å². The number of carbonyl (C=O) groups excluding carboxylic acids is 1. The van der Waals surface area contributed by atoms with Gasteiger partial charge in [-0.25, -0.2) is 4.39 Å². The molecule has 0 aromatic heterocycles. The number of hydrogen-bond donors (Lipinski definition) is 1. The van der Waals surface area contributed by atoms with Gasteiger partial charge in [-0.1, -0.05) is 25.0 Å². The summed E-state index contributed by atoms with van der Waals surface area (Å²) in [7, 11) is 0. The summed E-state index contributed by atoms with van der Waals surface area (Å²) in [4.78, 5) is 14.2. The third-order valence-electron chi connectivity index (χ3n) is 4.38. The van der Waals surface area contributed by atoms with Gasteiger partial charge in [-0.05, 0) is 44.4 Å². The van der Waals surface area contributed by atoms with Crippen molar-refractivity contribution < 1.29 is 9.18 Å². The molecule has 21 heavy (non-hydrogen) atoms. The van der Waals surface area contributed by atoms with E-state index in [1.807, 2.05) is 18.7 Å². The van der Waals surface area contributed by atoms with Gasteiger partial charge in [-0.15, -0.1) is 0 Å². The van der Waals surface area contributed by atoms with Crippen molar-refractivity contribution in [2.45, 2.75) is 51.6 Å². The average molecular weight is 292 g/mol. The first kappa shape index (κ1) is 16.0. The lowest BCUT2D eigenvalue weighted by molar-refractivity contribution is -0.132. The lowest BCUT2D eigenvalue weighted by Gasteiger charge is -2.29. The summed E-state index contributed by atoms with van der Waals surface area (Å²) in [6.45, 7) is 5.02. The fraction of sp³-hybridized carbons (Fsp3) is 0.588. The number of hydrogen-bond acceptors (Lipinski definition) is 2. The molecule has 0 saturated heterocycles. The zero-order valence-corrected chi connectivity index (χ0v) is 12.9. The number of rotatable bonds is 6. The Morgan fingerprint density at radius 1 is 1.33 bits per heavy atom. The Morgan fingerprint density at radius 3 is 2.52 bits per heavy atom. The maximum atomic E-state index is 13.0. The molecule has 1 N–H and O–H groups in total. The Kier molecular flexibility index (Phi) is 5.74. The molecule has 1 unspecified atom stereocenters. The van der Waals surface area contributed by atoms with E-state index in [0.29, 0.717) is 19.1 Å². The first-order valence-electron chi connectivity index (χ1n) is 7.90. The van der Waals surface area contributed by atoms with Crippen LogP contribution in [0.25, 0.3) is 0 Å². The molecule has 1 aromatic carbocycles. The van der Waals surface area contributed by atoms with E-state index in [1.54, 1.807) is 12.1 Å². The number of carbonyl (C=O) groups is 1. The summed E-state index contributed by atoms with van der Waals surface area (Å²) in [5.41, 5.74) is 0.965. The second kappa shape index (κ2) is 7.55. The van der Waals surface area contributed by atoms with Crippen molar-refractivity contribution in [1.82, 2.24) is 10.2 Å². The Morgan fingerprint density at radius 2 is 1.95 bits per heavy atom. The highest BCUT2D eigenvalue weighted by atomic mass is 19.1. The summed E-state index contributed by atoms with van der Waals surface area (Å²) < 4.78 is 13.0. The van der Waals surface area contributed by atoms with Gasteiger partial charge in [0.25, 0.3) is 0 Å². The summed E-state index contributed by atoms with van der Waals surface area (Å²) in [6.07, 6.45) is 4.87. The molecule has 1 atom stereocenters. The van der Waals surface area contributed by atoms with Gasteiger partial charge >= 0.3 is 0 Å². The molecule has 1 saturated carbocycles. The van der Waals surface area contributed by atoms with Gasteiger partial charge < -0.3 is 10.2 Å². The van der Waals surface area contributed by atoms with E-state index >= 15 is 0 Å². The lowest BCUT2D eigenvalue weighted by atomic mass is 10.1. The van der Waals surface area contributed by atoms with Gasteiger partial charge in [0.15, 0.2) is 0 Å². The molecule has 0 radical (unpaired) electrons. The molecule has 1 fully saturated rings. The highest BCUT2D eigenvalue weighted by Gasteiger charge is 2.21. The van der Waals surface area contributed by atoms with Crippen LogP contribution in [0.1, 0.15) is 51.1 Å². The Balaban J connectivity index is 1.93. The second-order valence-corrected chi connectivity index (χ2v) is 5.77. The third kappa shape index (κ3) is 4.27. The van der Waals surface area contributed by atoms with E-state index in [1.165, 1.54) is 37.8 Å². The molecule has 1 aromatic rings. The highest BCUT2D eigenvalue weighted by Crippen LogP contribution is 2.21. The molecule has 2 rings (SSSR count). The SMILES string of the molecule is CCN(C(=O)CNC1CCCC1)C(C)c1ccc(F)cc1. The number of benzene rings is 1. The Hall–Kier alpha value is -1.42. The maximum absolute atomic E-state index is 13.0. The molecular weight excluding hydrogens is 267 g/mol.